The summed E-state index contributed by atoms with van der Waals surface area (Å²) in [7, 11) is 1.61. The fourth-order valence-electron chi connectivity index (χ4n) is 3.83. The normalized spacial score (nSPS) is 13.9. The molecule has 0 saturated heterocycles. The average Bonchev–Trinajstić information content (AvgIpc) is 2.80. The molecule has 8 heteroatoms. The first kappa shape index (κ1) is 22.1. The molecule has 8 nitrogen and oxygen atoms in total. The summed E-state index contributed by atoms with van der Waals surface area (Å²) in [5.41, 5.74) is 2.03. The molecule has 0 spiro atoms. The van der Waals surface area contributed by atoms with Crippen LogP contribution in [0, 0.1) is 18.3 Å². The second kappa shape index (κ2) is 9.18. The number of rotatable bonds is 7. The highest BCUT2D eigenvalue weighted by atomic mass is 16.5. The molecular formula is C25H22N2O6. The molecule has 0 aliphatic carbocycles. The summed E-state index contributed by atoms with van der Waals surface area (Å²) in [5, 5.41) is 19.2. The van der Waals surface area contributed by atoms with Gasteiger partial charge in [0.15, 0.2) is 5.43 Å². The van der Waals surface area contributed by atoms with Gasteiger partial charge in [-0.1, -0.05) is 24.3 Å². The zero-order chi connectivity index (χ0) is 23.5. The van der Waals surface area contributed by atoms with Crippen molar-refractivity contribution in [2.45, 2.75) is 19.6 Å². The van der Waals surface area contributed by atoms with E-state index in [1.807, 2.05) is 31.2 Å². The summed E-state index contributed by atoms with van der Waals surface area (Å²) in [6.07, 6.45) is 1.24. The zero-order valence-electron chi connectivity index (χ0n) is 18.2. The van der Waals surface area contributed by atoms with Crippen molar-refractivity contribution >= 4 is 5.97 Å². The third kappa shape index (κ3) is 4.19. The molecular weight excluding hydrogens is 424 g/mol. The number of hydrogen-bond donors (Lipinski definition) is 1. The lowest BCUT2D eigenvalue weighted by molar-refractivity contribution is 0.0693. The minimum Gasteiger partial charge on any atom is -0.492 e. The third-order valence-electron chi connectivity index (χ3n) is 5.48. The lowest BCUT2D eigenvalue weighted by atomic mass is 10.00. The van der Waals surface area contributed by atoms with Crippen LogP contribution in [0.3, 0.4) is 0 Å². The molecule has 3 aromatic rings. The summed E-state index contributed by atoms with van der Waals surface area (Å²) in [6, 6.07) is 14.2. The summed E-state index contributed by atoms with van der Waals surface area (Å²) in [5.74, 6) is -0.512. The summed E-state index contributed by atoms with van der Waals surface area (Å²) >= 11 is 0. The van der Waals surface area contributed by atoms with Gasteiger partial charge in [0.1, 0.15) is 23.1 Å². The molecule has 1 N–H and O–H groups in total. The number of methoxy groups -OCH3 is 1. The molecule has 33 heavy (non-hydrogen) atoms. The van der Waals surface area contributed by atoms with Crippen LogP contribution in [0.2, 0.25) is 0 Å². The number of pyridine rings is 1. The van der Waals surface area contributed by atoms with Gasteiger partial charge in [0.25, 0.3) is 0 Å². The third-order valence-corrected chi connectivity index (χ3v) is 5.48. The van der Waals surface area contributed by atoms with E-state index in [0.717, 1.165) is 11.1 Å². The van der Waals surface area contributed by atoms with Crippen LogP contribution in [-0.4, -0.2) is 36.0 Å². The number of aryl methyl sites for hydroxylation is 1. The molecule has 0 bridgehead atoms. The Hall–Kier alpha value is -4.09. The van der Waals surface area contributed by atoms with Gasteiger partial charge in [-0.05, 0) is 18.6 Å². The van der Waals surface area contributed by atoms with Crippen LogP contribution in [0.15, 0.2) is 53.5 Å². The Morgan fingerprint density at radius 1 is 1.24 bits per heavy atom. The number of carboxylic acids is 1. The summed E-state index contributed by atoms with van der Waals surface area (Å²) in [6.45, 7) is 2.82. The van der Waals surface area contributed by atoms with E-state index in [-0.39, 0.29) is 11.1 Å². The van der Waals surface area contributed by atoms with Crippen LogP contribution < -0.4 is 14.9 Å². The molecule has 0 fully saturated rings. The molecule has 1 aliphatic heterocycles. The number of carboxylic acid groups (broad SMARTS) is 1. The fourth-order valence-corrected chi connectivity index (χ4v) is 3.83. The predicted octanol–water partition coefficient (Wildman–Crippen LogP) is 3.75. The maximum atomic E-state index is 12.5. The zero-order valence-corrected chi connectivity index (χ0v) is 18.2. The lowest BCUT2D eigenvalue weighted by Gasteiger charge is -2.32. The first-order chi connectivity index (χ1) is 15.9. The van der Waals surface area contributed by atoms with Crippen LogP contribution in [0.1, 0.15) is 39.7 Å². The molecule has 1 aliphatic rings. The van der Waals surface area contributed by atoms with Crippen LogP contribution in [0.5, 0.6) is 11.5 Å². The van der Waals surface area contributed by atoms with E-state index in [1.165, 1.54) is 12.3 Å². The van der Waals surface area contributed by atoms with Gasteiger partial charge in [0.2, 0.25) is 6.23 Å². The molecule has 2 heterocycles. The van der Waals surface area contributed by atoms with Gasteiger partial charge < -0.3 is 23.9 Å². The largest absolute Gasteiger partial charge is 0.492 e. The summed E-state index contributed by atoms with van der Waals surface area (Å²) < 4.78 is 18.8. The van der Waals surface area contributed by atoms with Gasteiger partial charge in [0, 0.05) is 49.6 Å². The van der Waals surface area contributed by atoms with E-state index in [2.05, 4.69) is 6.07 Å². The number of aromatic carboxylic acids is 1. The van der Waals surface area contributed by atoms with Gasteiger partial charge in [-0.2, -0.15) is 5.26 Å². The highest BCUT2D eigenvalue weighted by Gasteiger charge is 2.30. The number of nitrogens with zero attached hydrogens (tertiary/aromatic N) is 2. The Morgan fingerprint density at radius 2 is 2.03 bits per heavy atom. The van der Waals surface area contributed by atoms with Gasteiger partial charge in [-0.3, -0.25) is 4.79 Å². The van der Waals surface area contributed by atoms with E-state index in [4.69, 9.17) is 14.2 Å². The minimum atomic E-state index is -1.32. The van der Waals surface area contributed by atoms with Crippen molar-refractivity contribution in [3.63, 3.8) is 0 Å². The highest BCUT2D eigenvalue weighted by molar-refractivity contribution is 5.88. The van der Waals surface area contributed by atoms with Gasteiger partial charge >= 0.3 is 5.97 Å². The Balaban J connectivity index is 1.89. The van der Waals surface area contributed by atoms with Crippen LogP contribution in [0.4, 0.5) is 0 Å². The number of carbonyl (C=O) groups is 1. The van der Waals surface area contributed by atoms with Crippen molar-refractivity contribution in [1.29, 1.82) is 5.26 Å². The number of benzene rings is 2. The van der Waals surface area contributed by atoms with Crippen molar-refractivity contribution in [1.82, 2.24) is 4.57 Å². The predicted molar refractivity (Wildman–Crippen MR) is 120 cm³/mol. The Bertz CT molecular complexity index is 1320. The quantitative estimate of drug-likeness (QED) is 0.550. The molecule has 2 aromatic carbocycles. The monoisotopic (exact) mass is 446 g/mol. The first-order valence-corrected chi connectivity index (χ1v) is 10.4. The molecule has 1 aromatic heterocycles. The van der Waals surface area contributed by atoms with Crippen molar-refractivity contribution in [3.05, 3.63) is 81.1 Å². The Morgan fingerprint density at radius 3 is 2.73 bits per heavy atom. The van der Waals surface area contributed by atoms with E-state index >= 15 is 0 Å². The maximum Gasteiger partial charge on any atom is 0.341 e. The second-order valence-corrected chi connectivity index (χ2v) is 7.63. The van der Waals surface area contributed by atoms with Crippen molar-refractivity contribution < 1.29 is 24.1 Å². The number of aromatic nitrogens is 1. The number of hydrogen-bond acceptors (Lipinski definition) is 6. The Labute approximate surface area is 190 Å². The van der Waals surface area contributed by atoms with E-state index in [0.29, 0.717) is 42.4 Å². The van der Waals surface area contributed by atoms with E-state index < -0.39 is 17.6 Å². The topological polar surface area (TPSA) is 111 Å². The molecule has 0 saturated carbocycles. The minimum absolute atomic E-state index is 0.283. The first-order valence-electron chi connectivity index (χ1n) is 10.4. The fraction of sp³-hybridized carbons (Fsp3) is 0.240. The molecule has 168 valence electrons. The van der Waals surface area contributed by atoms with Crippen molar-refractivity contribution in [3.8, 4) is 28.8 Å². The SMILES string of the molecule is COCCCOc1cc2c(cc1C#N)-c1cc(=O)c(C(=O)O)cn1C(c1ccccc1C)O2. The van der Waals surface area contributed by atoms with Gasteiger partial charge in [0.05, 0.1) is 17.9 Å². The molecule has 1 unspecified atom stereocenters. The van der Waals surface area contributed by atoms with Gasteiger partial charge in [-0.25, -0.2) is 4.79 Å². The van der Waals surface area contributed by atoms with Crippen molar-refractivity contribution in [2.24, 2.45) is 0 Å². The van der Waals surface area contributed by atoms with Crippen LogP contribution in [-0.2, 0) is 4.74 Å². The number of nitriles is 1. The summed E-state index contributed by atoms with van der Waals surface area (Å²) in [4.78, 5) is 24.2. The van der Waals surface area contributed by atoms with Crippen LogP contribution >= 0.6 is 0 Å². The maximum absolute atomic E-state index is 12.5. The molecule has 0 amide bonds. The van der Waals surface area contributed by atoms with E-state index in [9.17, 15) is 20.0 Å². The molecule has 4 rings (SSSR count). The Kier molecular flexibility index (Phi) is 6.16. The lowest BCUT2D eigenvalue weighted by Crippen LogP contribution is -2.28. The van der Waals surface area contributed by atoms with E-state index in [1.54, 1.807) is 23.8 Å². The average molecular weight is 446 g/mol. The standard InChI is InChI=1S/C25H22N2O6/c1-15-6-3-4-7-17(15)24-27-14-19(25(29)30)21(28)11-20(27)18-10-16(13-26)22(12-23(18)33-24)32-9-5-8-31-2/h3-4,6-7,10-12,14,24H,5,8-9H2,1-2H3,(H,29,30). The van der Waals surface area contributed by atoms with Crippen molar-refractivity contribution in [2.75, 3.05) is 20.3 Å². The molecule has 0 radical (unpaired) electrons. The number of fused-ring (bicyclic) bond motifs is 3. The second-order valence-electron chi connectivity index (χ2n) is 7.63. The van der Waals surface area contributed by atoms with Crippen LogP contribution in [0.25, 0.3) is 11.3 Å². The smallest absolute Gasteiger partial charge is 0.341 e. The molecule has 1 atom stereocenters. The van der Waals surface area contributed by atoms with Gasteiger partial charge in [-0.15, -0.1) is 0 Å². The number of ether oxygens (including phenoxy) is 3. The highest BCUT2D eigenvalue weighted by Crippen LogP contribution is 2.43.